The second-order valence-corrected chi connectivity index (χ2v) is 6.05. The number of unbranched alkanes of at least 4 members (excludes halogenated alkanes) is 3. The predicted molar refractivity (Wildman–Crippen MR) is 91.3 cm³/mol. The molecule has 0 bridgehead atoms. The van der Waals surface area contributed by atoms with Crippen LogP contribution in [0.2, 0.25) is 0 Å². The summed E-state index contributed by atoms with van der Waals surface area (Å²) >= 11 is 0. The molecule has 0 unspecified atom stereocenters. The van der Waals surface area contributed by atoms with Gasteiger partial charge in [0.1, 0.15) is 5.75 Å². The van der Waals surface area contributed by atoms with E-state index >= 15 is 0 Å². The maximum absolute atomic E-state index is 13.0. The van der Waals surface area contributed by atoms with E-state index in [1.807, 2.05) is 36.9 Å². The Labute approximate surface area is 133 Å². The molecule has 1 aliphatic heterocycles. The van der Waals surface area contributed by atoms with Crippen molar-refractivity contribution in [1.82, 2.24) is 0 Å². The minimum absolute atomic E-state index is 0.0891. The van der Waals surface area contributed by atoms with E-state index in [4.69, 9.17) is 10.5 Å². The number of amides is 1. The van der Waals surface area contributed by atoms with Crippen molar-refractivity contribution in [3.63, 3.8) is 0 Å². The van der Waals surface area contributed by atoms with E-state index in [9.17, 15) is 4.79 Å². The molecule has 0 aromatic heterocycles. The molecule has 2 N–H and O–H groups in total. The van der Waals surface area contributed by atoms with E-state index in [2.05, 4.69) is 6.92 Å². The lowest BCUT2D eigenvalue weighted by Gasteiger charge is -2.42. The Morgan fingerprint density at radius 3 is 2.50 bits per heavy atom. The average molecular weight is 304 g/mol. The Kier molecular flexibility index (Phi) is 5.33. The molecule has 1 aromatic rings. The quantitative estimate of drug-likeness (QED) is 0.608. The Morgan fingerprint density at radius 1 is 1.14 bits per heavy atom. The lowest BCUT2D eigenvalue weighted by Crippen LogP contribution is -2.55. The van der Waals surface area contributed by atoms with Crippen LogP contribution in [-0.4, -0.2) is 18.1 Å². The maximum atomic E-state index is 13.0. The first-order valence-corrected chi connectivity index (χ1v) is 8.48. The normalized spacial score (nSPS) is 16.3. The van der Waals surface area contributed by atoms with Gasteiger partial charge in [0.05, 0.1) is 5.69 Å². The number of rotatable bonds is 7. The highest BCUT2D eigenvalue weighted by Crippen LogP contribution is 2.41. The number of hydrogen-bond donors (Lipinski definition) is 1. The average Bonchev–Trinajstić information content (AvgIpc) is 2.53. The SMILES string of the molecule is CCCCCCN1C(=O)C(CC)(CC)Oc2cc(N)ccc21. The summed E-state index contributed by atoms with van der Waals surface area (Å²) in [7, 11) is 0. The van der Waals surface area contributed by atoms with E-state index in [0.29, 0.717) is 18.5 Å². The van der Waals surface area contributed by atoms with Crippen LogP contribution >= 0.6 is 0 Å². The van der Waals surface area contributed by atoms with Crippen LogP contribution in [0.4, 0.5) is 11.4 Å². The fourth-order valence-electron chi connectivity index (χ4n) is 3.06. The van der Waals surface area contributed by atoms with Gasteiger partial charge in [-0.3, -0.25) is 4.79 Å². The molecule has 4 nitrogen and oxygen atoms in total. The summed E-state index contributed by atoms with van der Waals surface area (Å²) in [5.41, 5.74) is 6.67. The van der Waals surface area contributed by atoms with Crippen LogP contribution in [-0.2, 0) is 4.79 Å². The van der Waals surface area contributed by atoms with Crippen molar-refractivity contribution >= 4 is 17.3 Å². The van der Waals surface area contributed by atoms with Crippen molar-refractivity contribution in [3.05, 3.63) is 18.2 Å². The number of carbonyl (C=O) groups is 1. The van der Waals surface area contributed by atoms with Gasteiger partial charge in [-0.1, -0.05) is 40.0 Å². The maximum Gasteiger partial charge on any atom is 0.271 e. The van der Waals surface area contributed by atoms with Crippen LogP contribution in [0.5, 0.6) is 5.75 Å². The summed E-state index contributed by atoms with van der Waals surface area (Å²) in [6.45, 7) is 6.96. The molecule has 1 aromatic carbocycles. The Hall–Kier alpha value is -1.71. The van der Waals surface area contributed by atoms with Crippen molar-refractivity contribution < 1.29 is 9.53 Å². The largest absolute Gasteiger partial charge is 0.475 e. The predicted octanol–water partition coefficient (Wildman–Crippen LogP) is 4.13. The zero-order chi connectivity index (χ0) is 16.2. The van der Waals surface area contributed by atoms with Gasteiger partial charge in [0.2, 0.25) is 0 Å². The van der Waals surface area contributed by atoms with Crippen molar-refractivity contribution in [3.8, 4) is 5.75 Å². The van der Waals surface area contributed by atoms with Crippen LogP contribution in [0.3, 0.4) is 0 Å². The molecule has 4 heteroatoms. The van der Waals surface area contributed by atoms with Crippen LogP contribution < -0.4 is 15.4 Å². The van der Waals surface area contributed by atoms with Crippen LogP contribution in [0.25, 0.3) is 0 Å². The summed E-state index contributed by atoms with van der Waals surface area (Å²) < 4.78 is 6.10. The van der Waals surface area contributed by atoms with E-state index < -0.39 is 5.60 Å². The van der Waals surface area contributed by atoms with Gasteiger partial charge in [0, 0.05) is 18.3 Å². The standard InChI is InChI=1S/C18H28N2O2/c1-4-7-8-9-12-20-15-11-10-14(19)13-16(15)22-18(5-2,6-3)17(20)21/h10-11,13H,4-9,12,19H2,1-3H3. The molecule has 122 valence electrons. The molecule has 0 aliphatic carbocycles. The fraction of sp³-hybridized carbons (Fsp3) is 0.611. The number of anilines is 2. The molecular formula is C18H28N2O2. The van der Waals surface area contributed by atoms with E-state index in [-0.39, 0.29) is 5.91 Å². The summed E-state index contributed by atoms with van der Waals surface area (Å²) in [6.07, 6.45) is 5.91. The van der Waals surface area contributed by atoms with Gasteiger partial charge in [-0.2, -0.15) is 0 Å². The third kappa shape index (κ3) is 3.06. The third-order valence-corrected chi connectivity index (χ3v) is 4.59. The summed E-state index contributed by atoms with van der Waals surface area (Å²) in [5, 5.41) is 0. The third-order valence-electron chi connectivity index (χ3n) is 4.59. The smallest absolute Gasteiger partial charge is 0.271 e. The number of hydrogen-bond acceptors (Lipinski definition) is 3. The molecule has 22 heavy (non-hydrogen) atoms. The highest BCUT2D eigenvalue weighted by Gasteiger charge is 2.45. The Balaban J connectivity index is 2.31. The number of nitrogens with zero attached hydrogens (tertiary/aromatic N) is 1. The monoisotopic (exact) mass is 304 g/mol. The second-order valence-electron chi connectivity index (χ2n) is 6.05. The topological polar surface area (TPSA) is 55.6 Å². The molecule has 2 rings (SSSR count). The number of benzene rings is 1. The molecule has 0 radical (unpaired) electrons. The zero-order valence-corrected chi connectivity index (χ0v) is 14.0. The fourth-order valence-corrected chi connectivity index (χ4v) is 3.06. The molecule has 0 fully saturated rings. The van der Waals surface area contributed by atoms with Crippen LogP contribution in [0.1, 0.15) is 59.3 Å². The van der Waals surface area contributed by atoms with Crippen LogP contribution in [0, 0.1) is 0 Å². The van der Waals surface area contributed by atoms with E-state index in [1.54, 1.807) is 0 Å². The minimum atomic E-state index is -0.744. The number of fused-ring (bicyclic) bond motifs is 1. The van der Waals surface area contributed by atoms with Crippen molar-refractivity contribution in [2.75, 3.05) is 17.2 Å². The highest BCUT2D eigenvalue weighted by molar-refractivity contribution is 6.03. The van der Waals surface area contributed by atoms with Gasteiger partial charge in [-0.05, 0) is 31.4 Å². The van der Waals surface area contributed by atoms with Gasteiger partial charge in [0.25, 0.3) is 5.91 Å². The first-order chi connectivity index (χ1) is 10.6. The van der Waals surface area contributed by atoms with E-state index in [0.717, 1.165) is 30.8 Å². The molecule has 0 atom stereocenters. The first-order valence-electron chi connectivity index (χ1n) is 8.48. The summed E-state index contributed by atoms with van der Waals surface area (Å²) in [4.78, 5) is 14.9. The highest BCUT2D eigenvalue weighted by atomic mass is 16.5. The molecule has 0 spiro atoms. The number of carbonyl (C=O) groups excluding carboxylic acids is 1. The first kappa shape index (κ1) is 16.7. The Morgan fingerprint density at radius 2 is 1.86 bits per heavy atom. The second kappa shape index (κ2) is 7.03. The van der Waals surface area contributed by atoms with Gasteiger partial charge in [-0.25, -0.2) is 0 Å². The molecular weight excluding hydrogens is 276 g/mol. The number of nitrogens with two attached hydrogens (primary N) is 1. The van der Waals surface area contributed by atoms with Gasteiger partial charge >= 0.3 is 0 Å². The zero-order valence-electron chi connectivity index (χ0n) is 14.0. The molecule has 0 saturated carbocycles. The summed E-state index contributed by atoms with van der Waals surface area (Å²) in [6, 6.07) is 5.57. The molecule has 1 aliphatic rings. The summed E-state index contributed by atoms with van der Waals surface area (Å²) in [5.74, 6) is 0.824. The molecule has 1 amide bonds. The number of nitrogen functional groups attached to an aromatic ring is 1. The lowest BCUT2D eigenvalue weighted by atomic mass is 9.92. The van der Waals surface area contributed by atoms with Gasteiger partial charge in [-0.15, -0.1) is 0 Å². The van der Waals surface area contributed by atoms with Crippen molar-refractivity contribution in [2.45, 2.75) is 64.9 Å². The van der Waals surface area contributed by atoms with Gasteiger partial charge in [0.15, 0.2) is 5.60 Å². The van der Waals surface area contributed by atoms with Crippen LogP contribution in [0.15, 0.2) is 18.2 Å². The van der Waals surface area contributed by atoms with Crippen molar-refractivity contribution in [1.29, 1.82) is 0 Å². The minimum Gasteiger partial charge on any atom is -0.475 e. The lowest BCUT2D eigenvalue weighted by molar-refractivity contribution is -0.136. The van der Waals surface area contributed by atoms with Crippen molar-refractivity contribution in [2.24, 2.45) is 0 Å². The number of ether oxygens (including phenoxy) is 1. The Bertz CT molecular complexity index is 524. The molecule has 0 saturated heterocycles. The van der Waals surface area contributed by atoms with Gasteiger partial charge < -0.3 is 15.4 Å². The van der Waals surface area contributed by atoms with E-state index in [1.165, 1.54) is 12.8 Å². The molecule has 1 heterocycles.